The minimum Gasteiger partial charge on any atom is -0.184 e. The van der Waals surface area contributed by atoms with E-state index in [0.29, 0.717) is 0 Å². The zero-order valence-electron chi connectivity index (χ0n) is 9.23. The Labute approximate surface area is 118 Å². The van der Waals surface area contributed by atoms with Crippen molar-refractivity contribution in [2.75, 3.05) is 0 Å². The van der Waals surface area contributed by atoms with Crippen LogP contribution in [0.15, 0.2) is 60.7 Å². The minimum atomic E-state index is -2.87. The molecule has 2 aromatic rings. The second-order valence-electron chi connectivity index (χ2n) is 2.41. The van der Waals surface area contributed by atoms with Crippen molar-refractivity contribution in [2.45, 2.75) is 0 Å². The quantitative estimate of drug-likeness (QED) is 0.433. The Kier molecular flexibility index (Phi) is 16.6. The van der Waals surface area contributed by atoms with Crippen molar-refractivity contribution < 1.29 is 14.4 Å². The summed E-state index contributed by atoms with van der Waals surface area (Å²) in [5, 5.41) is 0. The summed E-state index contributed by atoms with van der Waals surface area (Å²) in [4.78, 5) is 14.2. The fourth-order valence-electron chi connectivity index (χ4n) is 0.684. The summed E-state index contributed by atoms with van der Waals surface area (Å²) in [7, 11) is -2.87. The zero-order chi connectivity index (χ0) is 12.1. The third kappa shape index (κ3) is 21.1. The fraction of sp³-hybridized carbons (Fsp3) is 0. The first-order chi connectivity index (χ1) is 7.73. The number of rotatable bonds is 0. The largest absolute Gasteiger partial charge is 2.00 e. The van der Waals surface area contributed by atoms with Crippen LogP contribution in [-0.2, 0) is 4.57 Å². The molecule has 17 heavy (non-hydrogen) atoms. The van der Waals surface area contributed by atoms with Crippen LogP contribution in [0.2, 0.25) is 0 Å². The van der Waals surface area contributed by atoms with Crippen LogP contribution in [0.4, 0.5) is 0 Å². The van der Waals surface area contributed by atoms with E-state index in [-0.39, 0.29) is 23.1 Å². The molecule has 0 aliphatic rings. The molecule has 84 valence electrons. The molecule has 0 aliphatic carbocycles. The van der Waals surface area contributed by atoms with Gasteiger partial charge in [-0.1, -0.05) is 0 Å². The molecular formula is C12H12MgO3P+. The Morgan fingerprint density at radius 1 is 0.706 bits per heavy atom. The van der Waals surface area contributed by atoms with Crippen molar-refractivity contribution in [1.82, 2.24) is 0 Å². The molecule has 0 saturated carbocycles. The maximum atomic E-state index is 8.70. The molecule has 0 amide bonds. The molecule has 0 radical (unpaired) electrons. The van der Waals surface area contributed by atoms with Crippen LogP contribution in [0.25, 0.3) is 0 Å². The summed E-state index contributed by atoms with van der Waals surface area (Å²) < 4.78 is 8.70. The number of hydrogen-bond donors (Lipinski definition) is 2. The Balaban J connectivity index is 0. The summed E-state index contributed by atoms with van der Waals surface area (Å²) in [6.45, 7) is 0. The second-order valence-corrected chi connectivity index (χ2v) is 2.91. The van der Waals surface area contributed by atoms with Gasteiger partial charge in [-0.2, -0.15) is 72.8 Å². The fourth-order valence-corrected chi connectivity index (χ4v) is 0.684. The van der Waals surface area contributed by atoms with Crippen LogP contribution in [0, 0.1) is 12.1 Å². The van der Waals surface area contributed by atoms with E-state index < -0.39 is 8.25 Å². The summed E-state index contributed by atoms with van der Waals surface area (Å²) in [5.74, 6) is 0. The molecule has 0 bridgehead atoms. The maximum Gasteiger partial charge on any atom is 2.00 e. The second kappa shape index (κ2) is 15.2. The topological polar surface area (TPSA) is 57.5 Å². The molecule has 2 rings (SSSR count). The first-order valence-corrected chi connectivity index (χ1v) is 5.57. The van der Waals surface area contributed by atoms with Gasteiger partial charge in [0.25, 0.3) is 0 Å². The molecule has 0 fully saturated rings. The molecule has 0 aliphatic heterocycles. The maximum absolute atomic E-state index is 8.70. The average molecular weight is 260 g/mol. The van der Waals surface area contributed by atoms with E-state index in [4.69, 9.17) is 14.4 Å². The van der Waals surface area contributed by atoms with Crippen molar-refractivity contribution >= 4 is 31.3 Å². The summed E-state index contributed by atoms with van der Waals surface area (Å²) in [5.41, 5.74) is 0. The molecule has 0 saturated heterocycles. The number of benzene rings is 2. The van der Waals surface area contributed by atoms with Crippen molar-refractivity contribution in [3.8, 4) is 0 Å². The third-order valence-corrected chi connectivity index (χ3v) is 1.21. The molecular weight excluding hydrogens is 247 g/mol. The van der Waals surface area contributed by atoms with Gasteiger partial charge in [0.05, 0.1) is 0 Å². The monoisotopic (exact) mass is 259 g/mol. The summed E-state index contributed by atoms with van der Waals surface area (Å²) in [6, 6.07) is 25.0. The van der Waals surface area contributed by atoms with Crippen LogP contribution in [-0.4, -0.2) is 32.8 Å². The van der Waals surface area contributed by atoms with Crippen molar-refractivity contribution in [1.29, 1.82) is 0 Å². The van der Waals surface area contributed by atoms with Crippen molar-refractivity contribution in [3.63, 3.8) is 0 Å². The molecule has 0 heterocycles. The predicted molar refractivity (Wildman–Crippen MR) is 68.4 cm³/mol. The summed E-state index contributed by atoms with van der Waals surface area (Å²) >= 11 is 0. The van der Waals surface area contributed by atoms with Gasteiger partial charge in [-0.3, -0.25) is 0 Å². The molecule has 0 atom stereocenters. The van der Waals surface area contributed by atoms with Gasteiger partial charge in [-0.05, 0) is 0 Å². The van der Waals surface area contributed by atoms with Gasteiger partial charge in [-0.15, -0.1) is 9.79 Å². The third-order valence-electron chi connectivity index (χ3n) is 1.21. The van der Waals surface area contributed by atoms with Gasteiger partial charge < -0.3 is 0 Å². The van der Waals surface area contributed by atoms with Crippen molar-refractivity contribution in [3.05, 3.63) is 72.8 Å². The Hall–Kier alpha value is -0.774. The first kappa shape index (κ1) is 18.6. The molecule has 2 aromatic carbocycles. The van der Waals surface area contributed by atoms with Gasteiger partial charge in [0.15, 0.2) is 0 Å². The Morgan fingerprint density at radius 2 is 0.941 bits per heavy atom. The van der Waals surface area contributed by atoms with Crippen LogP contribution in [0.3, 0.4) is 0 Å². The van der Waals surface area contributed by atoms with E-state index in [0.717, 1.165) is 0 Å². The first-order valence-electron chi connectivity index (χ1n) is 4.40. The van der Waals surface area contributed by atoms with E-state index in [2.05, 4.69) is 12.1 Å². The van der Waals surface area contributed by atoms with Crippen LogP contribution < -0.4 is 0 Å². The molecule has 0 spiro atoms. The molecule has 0 aromatic heterocycles. The van der Waals surface area contributed by atoms with Crippen LogP contribution in [0.1, 0.15) is 0 Å². The number of hydrogen-bond acceptors (Lipinski definition) is 1. The Morgan fingerprint density at radius 3 is 1.00 bits per heavy atom. The van der Waals surface area contributed by atoms with E-state index in [1.54, 1.807) is 0 Å². The van der Waals surface area contributed by atoms with Gasteiger partial charge in [-0.25, -0.2) is 0 Å². The van der Waals surface area contributed by atoms with Crippen LogP contribution in [0.5, 0.6) is 0 Å². The normalized spacial score (nSPS) is 7.18. The van der Waals surface area contributed by atoms with Crippen molar-refractivity contribution in [2.24, 2.45) is 0 Å². The smallest absolute Gasteiger partial charge is 0.184 e. The van der Waals surface area contributed by atoms with Gasteiger partial charge in [0, 0.05) is 4.57 Å². The van der Waals surface area contributed by atoms with Gasteiger partial charge in [0.2, 0.25) is 0 Å². The van der Waals surface area contributed by atoms with Crippen LogP contribution >= 0.6 is 8.25 Å². The standard InChI is InChI=1S/2C6H5.Mg.HO3P/c2*1-2-4-6-5-3-1;;1-4(2)3/h2*1-5H;;(H-,1,2,3)/q2*-1;+2;/p+1. The van der Waals surface area contributed by atoms with E-state index in [9.17, 15) is 0 Å². The molecule has 3 nitrogen and oxygen atoms in total. The Bertz CT molecular complexity index is 268. The predicted octanol–water partition coefficient (Wildman–Crippen LogP) is 2.22. The van der Waals surface area contributed by atoms with Gasteiger partial charge in [0.1, 0.15) is 0 Å². The van der Waals surface area contributed by atoms with E-state index >= 15 is 0 Å². The zero-order valence-corrected chi connectivity index (χ0v) is 11.5. The van der Waals surface area contributed by atoms with Gasteiger partial charge >= 0.3 is 31.3 Å². The van der Waals surface area contributed by atoms with E-state index in [1.807, 2.05) is 60.7 Å². The molecule has 0 unspecified atom stereocenters. The summed E-state index contributed by atoms with van der Waals surface area (Å²) in [6.07, 6.45) is 0. The molecule has 2 N–H and O–H groups in total. The van der Waals surface area contributed by atoms with E-state index in [1.165, 1.54) is 0 Å². The molecule has 5 heteroatoms. The minimum absolute atomic E-state index is 0. The SMILES string of the molecule is O=[P+](O)O.[Mg+2].[c-]1ccccc1.[c-]1ccccc1. The average Bonchev–Trinajstić information content (AvgIpc) is 2.34.